The number of hydrogen-bond donors (Lipinski definition) is 3. The van der Waals surface area contributed by atoms with Gasteiger partial charge in [0.2, 0.25) is 0 Å². The number of aliphatic hydroxyl groups is 2. The highest BCUT2D eigenvalue weighted by Crippen LogP contribution is 2.65. The van der Waals surface area contributed by atoms with Gasteiger partial charge in [0.25, 0.3) is 0 Å². The molecule has 220 valence electrons. The molecule has 6 aliphatic rings. The second kappa shape index (κ2) is 10.4. The average Bonchev–Trinajstić information content (AvgIpc) is 3.21. The van der Waals surface area contributed by atoms with Crippen LogP contribution in [0.25, 0.3) is 0 Å². The first-order chi connectivity index (χ1) is 18.5. The van der Waals surface area contributed by atoms with Crippen molar-refractivity contribution in [1.82, 2.24) is 0 Å². The zero-order valence-electron chi connectivity index (χ0n) is 24.1. The van der Waals surface area contributed by atoms with E-state index in [2.05, 4.69) is 13.8 Å². The van der Waals surface area contributed by atoms with Crippen LogP contribution in [-0.4, -0.2) is 71.2 Å². The number of hydrogen-bond acceptors (Lipinski definition) is 8. The van der Waals surface area contributed by atoms with Gasteiger partial charge in [0.05, 0.1) is 24.4 Å². The molecule has 8 nitrogen and oxygen atoms in total. The number of fused-ring (bicyclic) bond motifs is 5. The van der Waals surface area contributed by atoms with E-state index in [1.54, 1.807) is 6.92 Å². The fourth-order valence-electron chi connectivity index (χ4n) is 9.58. The van der Waals surface area contributed by atoms with Crippen LogP contribution in [0.1, 0.15) is 91.9 Å². The quantitative estimate of drug-likeness (QED) is 0.488. The maximum absolute atomic E-state index is 12.1. The highest BCUT2D eigenvalue weighted by molar-refractivity contribution is 5.91. The minimum atomic E-state index is -0.912. The fraction of sp³-hybridized carbons (Fsp3) is 0.903. The normalized spacial score (nSPS) is 53.9. The number of nitrogens with two attached hydrogens (primary N) is 1. The van der Waals surface area contributed by atoms with Crippen molar-refractivity contribution in [3.63, 3.8) is 0 Å². The van der Waals surface area contributed by atoms with Gasteiger partial charge in [-0.3, -0.25) is 4.79 Å². The van der Waals surface area contributed by atoms with E-state index in [0.717, 1.165) is 25.7 Å². The van der Waals surface area contributed by atoms with E-state index in [-0.39, 0.29) is 47.9 Å². The van der Waals surface area contributed by atoms with Gasteiger partial charge < -0.3 is 34.9 Å². The zero-order valence-corrected chi connectivity index (χ0v) is 24.1. The van der Waals surface area contributed by atoms with Gasteiger partial charge in [-0.2, -0.15) is 0 Å². The molecular formula is C31H49NO7. The molecule has 0 spiro atoms. The largest absolute Gasteiger partial charge is 0.390 e. The molecule has 6 rings (SSSR count). The van der Waals surface area contributed by atoms with Gasteiger partial charge in [-0.05, 0) is 93.5 Å². The first-order valence-corrected chi connectivity index (χ1v) is 15.5. The Morgan fingerprint density at radius 3 is 2.41 bits per heavy atom. The van der Waals surface area contributed by atoms with Crippen LogP contribution < -0.4 is 5.73 Å². The second-order valence-corrected chi connectivity index (χ2v) is 14.1. The van der Waals surface area contributed by atoms with E-state index in [4.69, 9.17) is 24.7 Å². The predicted octanol–water partition coefficient (Wildman–Crippen LogP) is 3.61. The summed E-state index contributed by atoms with van der Waals surface area (Å²) in [5.74, 6) is 2.34. The van der Waals surface area contributed by atoms with Crippen LogP contribution in [0.2, 0.25) is 0 Å². The summed E-state index contributed by atoms with van der Waals surface area (Å²) in [7, 11) is 0. The van der Waals surface area contributed by atoms with Crippen molar-refractivity contribution in [3.8, 4) is 0 Å². The summed E-state index contributed by atoms with van der Waals surface area (Å²) in [5, 5.41) is 20.1. The molecule has 2 saturated heterocycles. The minimum absolute atomic E-state index is 0.135. The highest BCUT2D eigenvalue weighted by atomic mass is 16.7. The standard InChI is InChI=1S/C31H49NO7/c1-16-28(35)24(34)15-27(36-16)39-29-17(2)37-26(14-23(29)32)38-25-8-7-21-20-6-5-18-13-19(33)9-11-30(18,3)22(20)10-12-31(21,25)4/h13,16-17,20-29,34-35H,5-12,14-15,32H2,1-4H3/t16-,17-,20-,21-,22-,23+,24-,25-,26-,27-,28+,29-,30-,31-/m0/s1. The van der Waals surface area contributed by atoms with Crippen LogP contribution in [0, 0.1) is 28.6 Å². The van der Waals surface area contributed by atoms with Crippen molar-refractivity contribution < 1.29 is 34.0 Å². The van der Waals surface area contributed by atoms with Crippen molar-refractivity contribution in [2.24, 2.45) is 34.3 Å². The summed E-state index contributed by atoms with van der Waals surface area (Å²) in [6, 6.07) is -0.278. The SMILES string of the molecule is C[C@@H]1O[C@@H](O[C@@H]2[C@H](N)C[C@H](O[C@H]3CC[C@H]4[C@@H]5CCC6=CC(=O)CC[C@]6(C)[C@H]5CC[C@]34C)O[C@H]2C)C[C@H](O)[C@@H]1O. The number of allylic oxidation sites excluding steroid dienone is 1. The van der Waals surface area contributed by atoms with E-state index in [0.29, 0.717) is 36.4 Å². The van der Waals surface area contributed by atoms with Crippen LogP contribution >= 0.6 is 0 Å². The predicted molar refractivity (Wildman–Crippen MR) is 144 cm³/mol. The molecular weight excluding hydrogens is 498 g/mol. The summed E-state index contributed by atoms with van der Waals surface area (Å²) < 4.78 is 25.0. The van der Waals surface area contributed by atoms with Crippen LogP contribution in [0.5, 0.6) is 0 Å². The van der Waals surface area contributed by atoms with Gasteiger partial charge in [0, 0.05) is 25.3 Å². The molecule has 0 radical (unpaired) electrons. The Hall–Kier alpha value is -0.870. The third-order valence-corrected chi connectivity index (χ3v) is 11.9. The Balaban J connectivity index is 1.08. The zero-order chi connectivity index (χ0) is 27.7. The molecule has 3 saturated carbocycles. The molecule has 4 N–H and O–H groups in total. The first kappa shape index (κ1) is 28.3. The van der Waals surface area contributed by atoms with Gasteiger partial charge in [-0.25, -0.2) is 0 Å². The lowest BCUT2D eigenvalue weighted by atomic mass is 9.47. The molecule has 4 aliphatic carbocycles. The number of aliphatic hydroxyl groups excluding tert-OH is 2. The van der Waals surface area contributed by atoms with Crippen molar-refractivity contribution in [1.29, 1.82) is 0 Å². The monoisotopic (exact) mass is 547 g/mol. The first-order valence-electron chi connectivity index (χ1n) is 15.5. The van der Waals surface area contributed by atoms with Crippen LogP contribution in [0.3, 0.4) is 0 Å². The Morgan fingerprint density at radius 2 is 1.67 bits per heavy atom. The summed E-state index contributed by atoms with van der Waals surface area (Å²) in [6.07, 6.45) is 7.55. The number of carbonyl (C=O) groups is 1. The van der Waals surface area contributed by atoms with Crippen molar-refractivity contribution in [3.05, 3.63) is 11.6 Å². The van der Waals surface area contributed by atoms with Crippen molar-refractivity contribution in [2.75, 3.05) is 0 Å². The molecule has 0 aromatic carbocycles. The Labute approximate surface area is 233 Å². The molecule has 8 heteroatoms. The van der Waals surface area contributed by atoms with Crippen molar-refractivity contribution >= 4 is 5.78 Å². The number of ketones is 1. The highest BCUT2D eigenvalue weighted by Gasteiger charge is 2.60. The lowest BCUT2D eigenvalue weighted by Gasteiger charge is -2.58. The smallest absolute Gasteiger partial charge is 0.161 e. The summed E-state index contributed by atoms with van der Waals surface area (Å²) in [4.78, 5) is 12.1. The van der Waals surface area contributed by atoms with E-state index >= 15 is 0 Å². The third kappa shape index (κ3) is 4.86. The Kier molecular flexibility index (Phi) is 7.57. The fourth-order valence-corrected chi connectivity index (χ4v) is 9.58. The molecule has 2 heterocycles. The number of carbonyl (C=O) groups excluding carboxylic acids is 1. The van der Waals surface area contributed by atoms with Gasteiger partial charge >= 0.3 is 0 Å². The van der Waals surface area contributed by atoms with Gasteiger partial charge in [0.15, 0.2) is 18.4 Å². The van der Waals surface area contributed by atoms with E-state index in [1.165, 1.54) is 24.8 Å². The summed E-state index contributed by atoms with van der Waals surface area (Å²) in [6.45, 7) is 8.58. The molecule has 5 fully saturated rings. The van der Waals surface area contributed by atoms with Crippen LogP contribution in [0.4, 0.5) is 0 Å². The summed E-state index contributed by atoms with van der Waals surface area (Å²) >= 11 is 0. The van der Waals surface area contributed by atoms with Crippen molar-refractivity contribution in [2.45, 2.75) is 147 Å². The Morgan fingerprint density at radius 1 is 0.923 bits per heavy atom. The topological polar surface area (TPSA) is 120 Å². The number of ether oxygens (including phenoxy) is 4. The molecule has 14 atom stereocenters. The lowest BCUT2D eigenvalue weighted by Crippen LogP contribution is -2.57. The molecule has 0 aromatic heterocycles. The van der Waals surface area contributed by atoms with E-state index in [9.17, 15) is 15.0 Å². The van der Waals surface area contributed by atoms with Crippen LogP contribution in [0.15, 0.2) is 11.6 Å². The molecule has 0 bridgehead atoms. The molecule has 39 heavy (non-hydrogen) atoms. The van der Waals surface area contributed by atoms with Gasteiger partial charge in [0.1, 0.15) is 12.2 Å². The molecule has 2 aliphatic heterocycles. The molecule has 0 aromatic rings. The summed E-state index contributed by atoms with van der Waals surface area (Å²) in [5.41, 5.74) is 8.35. The van der Waals surface area contributed by atoms with E-state index in [1.807, 2.05) is 13.0 Å². The number of rotatable bonds is 4. The van der Waals surface area contributed by atoms with Crippen LogP contribution in [-0.2, 0) is 23.7 Å². The third-order valence-electron chi connectivity index (χ3n) is 11.9. The lowest BCUT2D eigenvalue weighted by molar-refractivity contribution is -0.304. The van der Waals surface area contributed by atoms with Gasteiger partial charge in [-0.1, -0.05) is 19.4 Å². The minimum Gasteiger partial charge on any atom is -0.390 e. The second-order valence-electron chi connectivity index (χ2n) is 14.1. The van der Waals surface area contributed by atoms with E-state index < -0.39 is 24.6 Å². The van der Waals surface area contributed by atoms with Gasteiger partial charge in [-0.15, -0.1) is 0 Å². The molecule has 0 unspecified atom stereocenters. The Bertz CT molecular complexity index is 949. The maximum atomic E-state index is 12.1. The average molecular weight is 548 g/mol. The molecule has 0 amide bonds. The maximum Gasteiger partial charge on any atom is 0.161 e.